The average Bonchev–Trinajstić information content (AvgIpc) is 3.02. The number of piperazine rings is 1. The number of carbonyl (C=O) groups excluding carboxylic acids is 1. The number of amides is 1. The Hall–Kier alpha value is -1.98. The van der Waals surface area contributed by atoms with E-state index in [-0.39, 0.29) is 5.91 Å². The van der Waals surface area contributed by atoms with Crippen molar-refractivity contribution >= 4 is 38.4 Å². The van der Waals surface area contributed by atoms with Crippen LogP contribution in [0.3, 0.4) is 0 Å². The van der Waals surface area contributed by atoms with Crippen molar-refractivity contribution in [2.24, 2.45) is 0 Å². The number of nitrogens with zero attached hydrogens (tertiary/aromatic N) is 3. The molecule has 1 saturated heterocycles. The van der Waals surface area contributed by atoms with Crippen LogP contribution in [0.2, 0.25) is 0 Å². The number of aromatic nitrogens is 1. The first-order valence-electron chi connectivity index (χ1n) is 8.46. The molecule has 1 amide bonds. The Bertz CT molecular complexity index is 910. The molecule has 24 heavy (non-hydrogen) atoms. The monoisotopic (exact) mass is 339 g/mol. The minimum atomic E-state index is 0.147. The Morgan fingerprint density at radius 1 is 1.12 bits per heavy atom. The topological polar surface area (TPSA) is 36.4 Å². The lowest BCUT2D eigenvalue weighted by atomic mass is 10.1. The third-order valence-electron chi connectivity index (χ3n) is 4.78. The van der Waals surface area contributed by atoms with Gasteiger partial charge in [-0.05, 0) is 37.2 Å². The first-order chi connectivity index (χ1) is 11.6. The van der Waals surface area contributed by atoms with Crippen LogP contribution in [0.4, 0.5) is 0 Å². The van der Waals surface area contributed by atoms with E-state index in [1.165, 1.54) is 16.9 Å². The molecule has 2 aromatic heterocycles. The van der Waals surface area contributed by atoms with Crippen LogP contribution < -0.4 is 0 Å². The van der Waals surface area contributed by atoms with Crippen LogP contribution in [0.15, 0.2) is 30.3 Å². The van der Waals surface area contributed by atoms with Gasteiger partial charge in [-0.2, -0.15) is 0 Å². The molecule has 3 aromatic rings. The van der Waals surface area contributed by atoms with Crippen molar-refractivity contribution in [3.05, 3.63) is 40.8 Å². The summed E-state index contributed by atoms with van der Waals surface area (Å²) in [6.45, 7) is 8.86. The van der Waals surface area contributed by atoms with Gasteiger partial charge in [0.2, 0.25) is 0 Å². The van der Waals surface area contributed by atoms with Crippen LogP contribution in [-0.2, 0) is 0 Å². The molecule has 4 nitrogen and oxygen atoms in total. The highest BCUT2D eigenvalue weighted by Crippen LogP contribution is 2.28. The van der Waals surface area contributed by atoms with E-state index in [0.29, 0.717) is 0 Å². The molecule has 0 bridgehead atoms. The van der Waals surface area contributed by atoms with Crippen LogP contribution in [0, 0.1) is 6.92 Å². The molecule has 124 valence electrons. The van der Waals surface area contributed by atoms with Gasteiger partial charge in [-0.3, -0.25) is 4.79 Å². The average molecular weight is 339 g/mol. The van der Waals surface area contributed by atoms with E-state index in [4.69, 9.17) is 4.98 Å². The molecular formula is C19H21N3OS. The Morgan fingerprint density at radius 2 is 1.92 bits per heavy atom. The maximum absolute atomic E-state index is 12.8. The van der Waals surface area contributed by atoms with E-state index < -0.39 is 0 Å². The summed E-state index contributed by atoms with van der Waals surface area (Å²) in [6.07, 6.45) is 0. The molecule has 0 radical (unpaired) electrons. The largest absolute Gasteiger partial charge is 0.335 e. The third-order valence-corrected chi connectivity index (χ3v) is 5.81. The molecule has 3 heterocycles. The minimum Gasteiger partial charge on any atom is -0.335 e. The molecule has 0 atom stereocenters. The maximum atomic E-state index is 12.8. The van der Waals surface area contributed by atoms with Gasteiger partial charge in [0.15, 0.2) is 0 Å². The third kappa shape index (κ3) is 2.78. The van der Waals surface area contributed by atoms with Crippen molar-refractivity contribution in [1.29, 1.82) is 0 Å². The normalized spacial score (nSPS) is 16.2. The van der Waals surface area contributed by atoms with Gasteiger partial charge in [-0.15, -0.1) is 11.3 Å². The molecule has 5 heteroatoms. The van der Waals surface area contributed by atoms with Gasteiger partial charge < -0.3 is 9.80 Å². The Kier molecular flexibility index (Phi) is 3.98. The summed E-state index contributed by atoms with van der Waals surface area (Å²) in [5.41, 5.74) is 2.20. The molecule has 1 aliphatic heterocycles. The van der Waals surface area contributed by atoms with Gasteiger partial charge in [0, 0.05) is 37.0 Å². The quantitative estimate of drug-likeness (QED) is 0.716. The Morgan fingerprint density at radius 3 is 2.67 bits per heavy atom. The molecule has 0 N–H and O–H groups in total. The van der Waals surface area contributed by atoms with E-state index in [1.807, 2.05) is 11.0 Å². The summed E-state index contributed by atoms with van der Waals surface area (Å²) in [7, 11) is 0. The fraction of sp³-hybridized carbons (Fsp3) is 0.368. The van der Waals surface area contributed by atoms with Crippen molar-refractivity contribution in [3.63, 3.8) is 0 Å². The number of aryl methyl sites for hydroxylation is 1. The number of fused-ring (bicyclic) bond motifs is 2. The Labute approximate surface area is 145 Å². The predicted molar refractivity (Wildman–Crippen MR) is 99.9 cm³/mol. The fourth-order valence-corrected chi connectivity index (χ4v) is 4.25. The second-order valence-electron chi connectivity index (χ2n) is 6.42. The molecule has 0 spiro atoms. The van der Waals surface area contributed by atoms with Gasteiger partial charge in [0.25, 0.3) is 5.91 Å². The van der Waals surface area contributed by atoms with Gasteiger partial charge in [0.1, 0.15) is 4.83 Å². The molecular weight excluding hydrogens is 318 g/mol. The highest BCUT2D eigenvalue weighted by molar-refractivity contribution is 7.20. The Balaban J connectivity index is 1.64. The lowest BCUT2D eigenvalue weighted by Gasteiger charge is -2.33. The van der Waals surface area contributed by atoms with Crippen molar-refractivity contribution in [2.75, 3.05) is 32.7 Å². The second-order valence-corrected chi connectivity index (χ2v) is 7.45. The number of hydrogen-bond acceptors (Lipinski definition) is 4. The summed E-state index contributed by atoms with van der Waals surface area (Å²) < 4.78 is 0. The lowest BCUT2D eigenvalue weighted by molar-refractivity contribution is 0.0648. The van der Waals surface area contributed by atoms with E-state index in [2.05, 4.69) is 43.0 Å². The maximum Gasteiger partial charge on any atom is 0.264 e. The zero-order valence-electron chi connectivity index (χ0n) is 14.1. The number of rotatable bonds is 2. The van der Waals surface area contributed by atoms with Crippen LogP contribution in [0.5, 0.6) is 0 Å². The smallest absolute Gasteiger partial charge is 0.264 e. The van der Waals surface area contributed by atoms with Crippen LogP contribution in [0.25, 0.3) is 21.1 Å². The van der Waals surface area contributed by atoms with E-state index in [9.17, 15) is 4.79 Å². The van der Waals surface area contributed by atoms with Crippen LogP contribution in [-0.4, -0.2) is 53.4 Å². The highest BCUT2D eigenvalue weighted by atomic mass is 32.1. The van der Waals surface area contributed by atoms with E-state index in [0.717, 1.165) is 58.7 Å². The van der Waals surface area contributed by atoms with E-state index in [1.54, 1.807) is 0 Å². The molecule has 0 unspecified atom stereocenters. The summed E-state index contributed by atoms with van der Waals surface area (Å²) in [6, 6.07) is 10.4. The van der Waals surface area contributed by atoms with E-state index >= 15 is 0 Å². The van der Waals surface area contributed by atoms with Crippen molar-refractivity contribution in [2.45, 2.75) is 13.8 Å². The molecule has 1 aliphatic rings. The molecule has 1 aromatic carbocycles. The number of pyridine rings is 1. The summed E-state index contributed by atoms with van der Waals surface area (Å²) in [5, 5.41) is 2.19. The zero-order valence-corrected chi connectivity index (χ0v) is 14.9. The number of benzene rings is 1. The lowest BCUT2D eigenvalue weighted by Crippen LogP contribution is -2.48. The first-order valence-corrected chi connectivity index (χ1v) is 9.28. The predicted octanol–water partition coefficient (Wildman–Crippen LogP) is 3.54. The van der Waals surface area contributed by atoms with Crippen LogP contribution >= 0.6 is 11.3 Å². The van der Waals surface area contributed by atoms with Crippen molar-refractivity contribution in [1.82, 2.24) is 14.8 Å². The molecule has 0 saturated carbocycles. The number of likely N-dealkylation sites (N-methyl/N-ethyl adjacent to an activating group) is 1. The molecule has 4 rings (SSSR count). The van der Waals surface area contributed by atoms with Crippen LogP contribution in [0.1, 0.15) is 22.2 Å². The molecule has 0 aliphatic carbocycles. The SMILES string of the molecule is CCN1CCN(C(=O)c2cc3cc4ccc(C)cc4nc3s2)CC1. The first kappa shape index (κ1) is 15.5. The summed E-state index contributed by atoms with van der Waals surface area (Å²) in [4.78, 5) is 23.7. The standard InChI is InChI=1S/C19H21N3OS/c1-3-21-6-8-22(9-7-21)19(23)17-12-15-11-14-5-4-13(2)10-16(14)20-18(15)24-17/h4-5,10-12H,3,6-9H2,1-2H3. The van der Waals surface area contributed by atoms with Gasteiger partial charge in [0.05, 0.1) is 10.4 Å². The summed E-state index contributed by atoms with van der Waals surface area (Å²) in [5.74, 6) is 0.147. The van der Waals surface area contributed by atoms with Gasteiger partial charge >= 0.3 is 0 Å². The fourth-order valence-electron chi connectivity index (χ4n) is 3.26. The number of thiophene rings is 1. The zero-order chi connectivity index (χ0) is 16.7. The minimum absolute atomic E-state index is 0.147. The van der Waals surface area contributed by atoms with Gasteiger partial charge in [-0.25, -0.2) is 4.98 Å². The van der Waals surface area contributed by atoms with Gasteiger partial charge in [-0.1, -0.05) is 19.1 Å². The second kappa shape index (κ2) is 6.15. The molecule has 1 fully saturated rings. The van der Waals surface area contributed by atoms with Crippen molar-refractivity contribution in [3.8, 4) is 0 Å². The number of carbonyl (C=O) groups is 1. The number of hydrogen-bond donors (Lipinski definition) is 0. The summed E-state index contributed by atoms with van der Waals surface area (Å²) >= 11 is 1.51. The highest BCUT2D eigenvalue weighted by Gasteiger charge is 2.23. The van der Waals surface area contributed by atoms with Crippen molar-refractivity contribution < 1.29 is 4.79 Å².